The highest BCUT2D eigenvalue weighted by Gasteiger charge is 2.31. The molecule has 7 rings (SSSR count). The second-order valence-corrected chi connectivity index (χ2v) is 12.5. The van der Waals surface area contributed by atoms with Crippen molar-refractivity contribution >= 4 is 45.1 Å². The number of hydrogen-bond acceptors (Lipinski definition) is 9. The van der Waals surface area contributed by atoms with E-state index >= 15 is 0 Å². The summed E-state index contributed by atoms with van der Waals surface area (Å²) in [5.74, 6) is 0.752. The molecule has 2 saturated carbocycles. The van der Waals surface area contributed by atoms with Gasteiger partial charge in [-0.25, -0.2) is 19.6 Å². The minimum absolute atomic E-state index is 0.0166. The van der Waals surface area contributed by atoms with E-state index in [4.69, 9.17) is 10.8 Å². The lowest BCUT2D eigenvalue weighted by Crippen LogP contribution is -2.28. The van der Waals surface area contributed by atoms with Gasteiger partial charge in [-0.1, -0.05) is 18.2 Å². The number of carbonyl (C=O) groups excluding carboxylic acids is 2. The maximum atomic E-state index is 12.9. The van der Waals surface area contributed by atoms with E-state index in [1.165, 1.54) is 36.9 Å². The summed E-state index contributed by atoms with van der Waals surface area (Å²) in [4.78, 5) is 44.2. The summed E-state index contributed by atoms with van der Waals surface area (Å²) in [6.45, 7) is 1.97. The molecule has 1 atom stereocenters. The average molecular weight is 584 g/mol. The third-order valence-corrected chi connectivity index (χ3v) is 9.38. The Hall–Kier alpha value is -4.16. The number of nitrogens with two attached hydrogens (primary N) is 1. The van der Waals surface area contributed by atoms with Gasteiger partial charge in [-0.05, 0) is 57.2 Å². The van der Waals surface area contributed by atoms with Crippen LogP contribution >= 0.6 is 11.3 Å². The van der Waals surface area contributed by atoms with Gasteiger partial charge in [0, 0.05) is 54.0 Å². The molecule has 0 unspecified atom stereocenters. The quantitative estimate of drug-likeness (QED) is 0.282. The molecule has 1 aromatic carbocycles. The number of likely N-dealkylation sites (tertiary alicyclic amines) is 1. The summed E-state index contributed by atoms with van der Waals surface area (Å²) >= 11 is 1.54. The number of carbonyl (C=O) groups is 2. The second-order valence-electron chi connectivity index (χ2n) is 11.4. The monoisotopic (exact) mass is 583 g/mol. The van der Waals surface area contributed by atoms with E-state index in [1.54, 1.807) is 29.5 Å². The first-order valence-corrected chi connectivity index (χ1v) is 15.3. The van der Waals surface area contributed by atoms with Crippen LogP contribution in [0.4, 0.5) is 10.9 Å². The molecule has 1 saturated heterocycles. The zero-order valence-corrected chi connectivity index (χ0v) is 24.3. The molecule has 12 heteroatoms. The number of hydrogen-bond donors (Lipinski definition) is 2. The Morgan fingerprint density at radius 3 is 2.69 bits per heavy atom. The van der Waals surface area contributed by atoms with Crippen LogP contribution in [-0.4, -0.2) is 79.1 Å². The van der Waals surface area contributed by atoms with E-state index < -0.39 is 0 Å². The van der Waals surface area contributed by atoms with E-state index in [2.05, 4.69) is 32.2 Å². The Balaban J connectivity index is 1.07. The molecular formula is C30H33N9O2S. The van der Waals surface area contributed by atoms with Crippen molar-refractivity contribution in [2.45, 2.75) is 50.1 Å². The maximum absolute atomic E-state index is 12.9. The van der Waals surface area contributed by atoms with Gasteiger partial charge in [0.1, 0.15) is 17.8 Å². The Morgan fingerprint density at radius 2 is 1.93 bits per heavy atom. The number of anilines is 2. The molecule has 4 heterocycles. The van der Waals surface area contributed by atoms with E-state index in [0.717, 1.165) is 18.5 Å². The number of aromatic nitrogens is 5. The topological polar surface area (TPSA) is 135 Å². The lowest BCUT2D eigenvalue weighted by molar-refractivity contribution is -0.125. The molecule has 0 bridgehead atoms. The van der Waals surface area contributed by atoms with Crippen LogP contribution in [0.5, 0.6) is 0 Å². The summed E-state index contributed by atoms with van der Waals surface area (Å²) in [5.41, 5.74) is 8.94. The first kappa shape index (κ1) is 26.7. The summed E-state index contributed by atoms with van der Waals surface area (Å²) < 4.78 is 1.88. The number of nitrogens with zero attached hydrogens (tertiary/aromatic N) is 7. The van der Waals surface area contributed by atoms with Gasteiger partial charge in [-0.2, -0.15) is 5.10 Å². The second kappa shape index (κ2) is 10.9. The van der Waals surface area contributed by atoms with Crippen LogP contribution in [0.25, 0.3) is 22.3 Å². The fraction of sp³-hybridized carbons (Fsp3) is 0.400. The van der Waals surface area contributed by atoms with Crippen LogP contribution in [0.15, 0.2) is 48.9 Å². The van der Waals surface area contributed by atoms with Crippen LogP contribution < -0.4 is 11.1 Å². The number of benzene rings is 1. The van der Waals surface area contributed by atoms with Crippen LogP contribution in [-0.2, 0) is 4.79 Å². The minimum atomic E-state index is -0.208. The molecule has 42 heavy (non-hydrogen) atoms. The zero-order valence-electron chi connectivity index (χ0n) is 23.4. The summed E-state index contributed by atoms with van der Waals surface area (Å²) in [6.07, 6.45) is 12.6. The Labute approximate surface area is 247 Å². The van der Waals surface area contributed by atoms with Crippen LogP contribution in [0.1, 0.15) is 59.3 Å². The van der Waals surface area contributed by atoms with Crippen molar-refractivity contribution < 1.29 is 9.59 Å². The van der Waals surface area contributed by atoms with E-state index in [-0.39, 0.29) is 17.9 Å². The molecule has 11 nitrogen and oxygen atoms in total. The Kier molecular flexibility index (Phi) is 6.95. The maximum Gasteiger partial charge on any atom is 0.257 e. The van der Waals surface area contributed by atoms with E-state index in [1.807, 2.05) is 34.0 Å². The largest absolute Gasteiger partial charge is 0.383 e. The van der Waals surface area contributed by atoms with Crippen LogP contribution in [0.2, 0.25) is 0 Å². The third-order valence-electron chi connectivity index (χ3n) is 8.31. The molecule has 0 radical (unpaired) electrons. The molecule has 1 aliphatic heterocycles. The highest BCUT2D eigenvalue weighted by Crippen LogP contribution is 2.43. The normalized spacial score (nSPS) is 18.9. The summed E-state index contributed by atoms with van der Waals surface area (Å²) in [7, 11) is 2.10. The zero-order chi connectivity index (χ0) is 28.8. The van der Waals surface area contributed by atoms with Crippen molar-refractivity contribution in [3.05, 3.63) is 59.4 Å². The molecule has 3 N–H and O–H groups in total. The SMILES string of the molecule is CN(C/C=C/C(=O)N1CC[C@@H](n2nc(-c3ccc(C(=O)Nc4ncc(C5CC5)s4)cc3)c3c(N)ncnc32)C1)C1CC1. The number of amides is 2. The first-order chi connectivity index (χ1) is 20.4. The third kappa shape index (κ3) is 5.39. The number of thiazole rings is 1. The van der Waals surface area contributed by atoms with Crippen molar-refractivity contribution in [2.24, 2.45) is 0 Å². The number of nitrogen functional groups attached to an aromatic ring is 1. The number of nitrogens with one attached hydrogen (secondary N) is 1. The number of fused-ring (bicyclic) bond motifs is 1. The van der Waals surface area contributed by atoms with Crippen molar-refractivity contribution in [1.29, 1.82) is 0 Å². The van der Waals surface area contributed by atoms with Crippen LogP contribution in [0.3, 0.4) is 0 Å². The molecule has 4 aromatic rings. The highest BCUT2D eigenvalue weighted by atomic mass is 32.1. The van der Waals surface area contributed by atoms with Crippen molar-refractivity contribution in [1.82, 2.24) is 34.5 Å². The lowest BCUT2D eigenvalue weighted by Gasteiger charge is -2.16. The predicted octanol–water partition coefficient (Wildman–Crippen LogP) is 4.09. The van der Waals surface area contributed by atoms with Gasteiger partial charge in [0.2, 0.25) is 5.91 Å². The Bertz CT molecular complexity index is 1670. The molecule has 3 fully saturated rings. The number of rotatable bonds is 9. The number of likely N-dealkylation sites (N-methyl/N-ethyl adjacent to an activating group) is 1. The van der Waals surface area contributed by atoms with Gasteiger partial charge in [0.05, 0.1) is 11.4 Å². The lowest BCUT2D eigenvalue weighted by atomic mass is 10.1. The average Bonchev–Trinajstić information content (AvgIpc) is 3.89. The summed E-state index contributed by atoms with van der Waals surface area (Å²) in [5, 5.41) is 9.13. The summed E-state index contributed by atoms with van der Waals surface area (Å²) in [6, 6.07) is 7.89. The van der Waals surface area contributed by atoms with Crippen molar-refractivity contribution in [2.75, 3.05) is 37.7 Å². The smallest absolute Gasteiger partial charge is 0.257 e. The van der Waals surface area contributed by atoms with Gasteiger partial charge < -0.3 is 10.6 Å². The van der Waals surface area contributed by atoms with Gasteiger partial charge in [0.15, 0.2) is 10.8 Å². The molecule has 0 spiro atoms. The Morgan fingerprint density at radius 1 is 1.12 bits per heavy atom. The van der Waals surface area contributed by atoms with Gasteiger partial charge in [0.25, 0.3) is 5.91 Å². The van der Waals surface area contributed by atoms with Gasteiger partial charge in [-0.15, -0.1) is 11.3 Å². The van der Waals surface area contributed by atoms with Crippen molar-refractivity contribution in [3.8, 4) is 11.3 Å². The standard InChI is InChI=1S/C30H33N9O2S/c1-37(21-10-11-21)13-2-3-24(40)38-14-12-22(16-38)39-28-25(27(31)33-17-34-28)26(36-39)19-6-8-20(9-7-19)29(41)35-30-32-15-23(42-30)18-4-5-18/h2-3,6-9,15,17-18,21-22H,4-5,10-14,16H2,1H3,(H2,31,33,34)(H,32,35,41)/b3-2+/t22-/m1/s1. The van der Waals surface area contributed by atoms with Crippen molar-refractivity contribution in [3.63, 3.8) is 0 Å². The molecule has 216 valence electrons. The van der Waals surface area contributed by atoms with Crippen LogP contribution in [0, 0.1) is 0 Å². The first-order valence-electron chi connectivity index (χ1n) is 14.5. The molecule has 3 aliphatic rings. The van der Waals surface area contributed by atoms with E-state index in [9.17, 15) is 9.59 Å². The van der Waals surface area contributed by atoms with Gasteiger partial charge in [-0.3, -0.25) is 19.8 Å². The van der Waals surface area contributed by atoms with E-state index in [0.29, 0.717) is 58.3 Å². The molecular weight excluding hydrogens is 550 g/mol. The minimum Gasteiger partial charge on any atom is -0.383 e. The fourth-order valence-electron chi connectivity index (χ4n) is 5.53. The highest BCUT2D eigenvalue weighted by molar-refractivity contribution is 7.15. The molecule has 3 aromatic heterocycles. The fourth-order valence-corrected chi connectivity index (χ4v) is 6.51. The molecule has 2 aliphatic carbocycles. The molecule has 2 amide bonds. The predicted molar refractivity (Wildman–Crippen MR) is 162 cm³/mol. The van der Waals surface area contributed by atoms with Gasteiger partial charge >= 0.3 is 0 Å².